The number of para-hydroxylation sites is 2. The molecule has 0 aliphatic carbocycles. The van der Waals surface area contributed by atoms with Crippen molar-refractivity contribution in [3.63, 3.8) is 0 Å². The third-order valence-corrected chi connectivity index (χ3v) is 7.40. The van der Waals surface area contributed by atoms with Gasteiger partial charge in [-0.05, 0) is 42.6 Å². The van der Waals surface area contributed by atoms with E-state index in [-0.39, 0.29) is 19.5 Å². The van der Waals surface area contributed by atoms with E-state index >= 15 is 0 Å². The summed E-state index contributed by atoms with van der Waals surface area (Å²) in [6, 6.07) is 18.7. The van der Waals surface area contributed by atoms with Gasteiger partial charge in [0, 0.05) is 29.7 Å². The number of hydrogen-bond acceptors (Lipinski definition) is 12. The molecule has 0 aliphatic rings. The van der Waals surface area contributed by atoms with Crippen LogP contribution in [0.2, 0.25) is 0 Å². The quantitative estimate of drug-likeness (QED) is 0.153. The SMILES string of the molecule is C.COc1ccccc1CCN.COc1ccccc1CCNC(=O)Nc1nc(C#N)cs1.N#Cc1csc(NC(=O)n2ccnc2)n1. The second-order valence-electron chi connectivity index (χ2n) is 8.99. The number of aromatic nitrogens is 4. The van der Waals surface area contributed by atoms with Gasteiger partial charge in [0.2, 0.25) is 0 Å². The summed E-state index contributed by atoms with van der Waals surface area (Å²) in [5.74, 6) is 1.73. The number of urea groups is 1. The Balaban J connectivity index is 0.000000261. The molecule has 3 amide bonds. The van der Waals surface area contributed by atoms with E-state index in [0.717, 1.165) is 23.5 Å². The second kappa shape index (κ2) is 21.1. The number of nitrogens with zero attached hydrogens (tertiary/aromatic N) is 6. The topological polar surface area (TPSA) is 206 Å². The molecule has 14 nitrogen and oxygen atoms in total. The lowest BCUT2D eigenvalue weighted by atomic mass is 10.1. The fourth-order valence-electron chi connectivity index (χ4n) is 3.73. The smallest absolute Gasteiger partial charge is 0.333 e. The van der Waals surface area contributed by atoms with E-state index in [9.17, 15) is 9.59 Å². The van der Waals surface area contributed by atoms with Crippen LogP contribution in [-0.4, -0.2) is 58.9 Å². The minimum absolute atomic E-state index is 0. The molecular weight excluding hydrogens is 653 g/mol. The van der Waals surface area contributed by atoms with Gasteiger partial charge < -0.3 is 20.5 Å². The van der Waals surface area contributed by atoms with E-state index in [1.54, 1.807) is 25.0 Å². The summed E-state index contributed by atoms with van der Waals surface area (Å²) in [6.45, 7) is 1.14. The number of nitriles is 2. The van der Waals surface area contributed by atoms with Crippen molar-refractivity contribution < 1.29 is 19.1 Å². The number of carbonyl (C=O) groups excluding carboxylic acids is 2. The molecule has 0 spiro atoms. The van der Waals surface area contributed by atoms with Crippen LogP contribution in [0.25, 0.3) is 0 Å². The third kappa shape index (κ3) is 12.5. The zero-order valence-electron chi connectivity index (χ0n) is 25.5. The maximum Gasteiger partial charge on any atom is 0.333 e. The van der Waals surface area contributed by atoms with E-state index in [1.165, 1.54) is 51.5 Å². The molecule has 3 aromatic heterocycles. The Kier molecular flexibility index (Phi) is 16.8. The molecule has 0 saturated carbocycles. The lowest BCUT2D eigenvalue weighted by Crippen LogP contribution is -2.30. The summed E-state index contributed by atoms with van der Waals surface area (Å²) in [5, 5.41) is 29.0. The molecular formula is C32H36N10O4S2. The van der Waals surface area contributed by atoms with Gasteiger partial charge in [-0.25, -0.2) is 24.5 Å². The number of anilines is 2. The monoisotopic (exact) mass is 688 g/mol. The van der Waals surface area contributed by atoms with E-state index in [4.69, 9.17) is 25.7 Å². The number of amides is 3. The summed E-state index contributed by atoms with van der Waals surface area (Å²) in [4.78, 5) is 34.7. The Labute approximate surface area is 286 Å². The van der Waals surface area contributed by atoms with Crippen LogP contribution in [0.15, 0.2) is 78.0 Å². The molecule has 0 aliphatic heterocycles. The van der Waals surface area contributed by atoms with Crippen molar-refractivity contribution >= 4 is 45.0 Å². The van der Waals surface area contributed by atoms with Gasteiger partial charge in [-0.3, -0.25) is 15.2 Å². The van der Waals surface area contributed by atoms with Gasteiger partial charge in [-0.2, -0.15) is 10.5 Å². The summed E-state index contributed by atoms with van der Waals surface area (Å²) in [7, 11) is 3.30. The van der Waals surface area contributed by atoms with Gasteiger partial charge in [-0.15, -0.1) is 22.7 Å². The lowest BCUT2D eigenvalue weighted by molar-refractivity contribution is 0.251. The first kappa shape index (κ1) is 38.4. The van der Waals surface area contributed by atoms with Gasteiger partial charge in [0.25, 0.3) is 0 Å². The number of thiazole rings is 2. The molecule has 250 valence electrons. The van der Waals surface area contributed by atoms with E-state index in [0.29, 0.717) is 41.2 Å². The molecule has 16 heteroatoms. The highest BCUT2D eigenvalue weighted by molar-refractivity contribution is 7.14. The van der Waals surface area contributed by atoms with Gasteiger partial charge >= 0.3 is 12.1 Å². The van der Waals surface area contributed by atoms with Crippen LogP contribution in [0.1, 0.15) is 29.9 Å². The molecule has 0 saturated heterocycles. The van der Waals surface area contributed by atoms with Gasteiger partial charge in [0.1, 0.15) is 30.0 Å². The van der Waals surface area contributed by atoms with Crippen molar-refractivity contribution in [3.8, 4) is 23.6 Å². The number of nitrogens with one attached hydrogen (secondary N) is 3. The van der Waals surface area contributed by atoms with Crippen LogP contribution in [-0.2, 0) is 12.8 Å². The summed E-state index contributed by atoms with van der Waals surface area (Å²) in [6.07, 6.45) is 5.95. The van der Waals surface area contributed by atoms with Crippen molar-refractivity contribution in [2.24, 2.45) is 5.73 Å². The van der Waals surface area contributed by atoms with Gasteiger partial charge in [-0.1, -0.05) is 43.8 Å². The maximum atomic E-state index is 11.7. The summed E-state index contributed by atoms with van der Waals surface area (Å²) < 4.78 is 11.7. The fourth-order valence-corrected chi connectivity index (χ4v) is 4.98. The molecule has 0 unspecified atom stereocenters. The first-order valence-electron chi connectivity index (χ1n) is 13.9. The lowest BCUT2D eigenvalue weighted by Gasteiger charge is -2.09. The van der Waals surface area contributed by atoms with Crippen LogP contribution in [0.4, 0.5) is 19.9 Å². The van der Waals surface area contributed by atoms with Crippen molar-refractivity contribution in [3.05, 3.63) is 101 Å². The predicted molar refractivity (Wildman–Crippen MR) is 187 cm³/mol. The first-order valence-corrected chi connectivity index (χ1v) is 15.7. The molecule has 5 aromatic rings. The van der Waals surface area contributed by atoms with Crippen molar-refractivity contribution in [1.29, 1.82) is 10.5 Å². The predicted octanol–water partition coefficient (Wildman–Crippen LogP) is 5.51. The average Bonchev–Trinajstić information content (AvgIpc) is 3.89. The van der Waals surface area contributed by atoms with E-state index < -0.39 is 0 Å². The summed E-state index contributed by atoms with van der Waals surface area (Å²) in [5.41, 5.74) is 8.22. The minimum Gasteiger partial charge on any atom is -0.496 e. The molecule has 5 N–H and O–H groups in total. The Bertz CT molecular complexity index is 1790. The zero-order valence-corrected chi connectivity index (χ0v) is 27.2. The molecule has 0 radical (unpaired) electrons. The molecule has 0 bridgehead atoms. The highest BCUT2D eigenvalue weighted by Gasteiger charge is 2.08. The number of hydrogen-bond donors (Lipinski definition) is 4. The van der Waals surface area contributed by atoms with Crippen LogP contribution in [0.3, 0.4) is 0 Å². The normalized spacial score (nSPS) is 9.44. The number of carbonyl (C=O) groups is 2. The van der Waals surface area contributed by atoms with Crippen LogP contribution >= 0.6 is 22.7 Å². The van der Waals surface area contributed by atoms with Crippen molar-refractivity contribution in [2.75, 3.05) is 37.9 Å². The van der Waals surface area contributed by atoms with Crippen LogP contribution in [0, 0.1) is 22.7 Å². The Morgan fingerprint density at radius 3 is 1.90 bits per heavy atom. The number of methoxy groups -OCH3 is 2. The third-order valence-electron chi connectivity index (χ3n) is 5.89. The molecule has 5 rings (SSSR count). The number of ether oxygens (including phenoxy) is 2. The molecule has 48 heavy (non-hydrogen) atoms. The van der Waals surface area contributed by atoms with Crippen molar-refractivity contribution in [1.82, 2.24) is 24.8 Å². The number of imidazole rings is 1. The number of nitrogens with two attached hydrogens (primary N) is 1. The zero-order chi connectivity index (χ0) is 33.9. The van der Waals surface area contributed by atoms with E-state index in [1.807, 2.05) is 60.7 Å². The van der Waals surface area contributed by atoms with Crippen molar-refractivity contribution in [2.45, 2.75) is 20.3 Å². The van der Waals surface area contributed by atoms with Gasteiger partial charge in [0.15, 0.2) is 21.7 Å². The highest BCUT2D eigenvalue weighted by Crippen LogP contribution is 2.18. The maximum absolute atomic E-state index is 11.7. The Morgan fingerprint density at radius 2 is 1.42 bits per heavy atom. The molecule has 0 fully saturated rings. The summed E-state index contributed by atoms with van der Waals surface area (Å²) >= 11 is 2.41. The standard InChI is InChI=1S/C14H14N4O2S.C9H13NO.C8H5N5OS.CH4/c1-20-12-5-3-2-4-10(12)6-7-16-13(19)18-14-17-11(8-15)9-21-14;1-11-9-5-3-2-4-8(9)6-7-10;9-3-6-4-15-7(11-6)12-8(14)13-2-1-10-5-13;/h2-5,9H,6-7H2,1H3,(H2,16,17,18,19);2-5H,6-7,10H2,1H3;1-2,4-5H,(H,11,12,14);1H4. The second-order valence-corrected chi connectivity index (χ2v) is 10.7. The van der Waals surface area contributed by atoms with Gasteiger partial charge in [0.05, 0.1) is 14.2 Å². The molecule has 0 atom stereocenters. The average molecular weight is 689 g/mol. The highest BCUT2D eigenvalue weighted by atomic mass is 32.1. The number of benzene rings is 2. The largest absolute Gasteiger partial charge is 0.496 e. The van der Waals surface area contributed by atoms with Crippen LogP contribution in [0.5, 0.6) is 11.5 Å². The minimum atomic E-state index is -0.355. The Hall–Kier alpha value is -5.81. The Morgan fingerprint density at radius 1 is 0.875 bits per heavy atom. The van der Waals surface area contributed by atoms with E-state index in [2.05, 4.69) is 30.9 Å². The fraction of sp³-hybridized carbons (Fsp3) is 0.219. The first-order chi connectivity index (χ1) is 22.9. The number of rotatable bonds is 9. The van der Waals surface area contributed by atoms with Crippen LogP contribution < -0.4 is 31.2 Å². The molecule has 2 aromatic carbocycles. The molecule has 3 heterocycles.